The van der Waals surface area contributed by atoms with Crippen LogP contribution in [0.5, 0.6) is 0 Å². The quantitative estimate of drug-likeness (QED) is 0.582. The highest BCUT2D eigenvalue weighted by atomic mass is 32.1. The highest BCUT2D eigenvalue weighted by Crippen LogP contribution is 2.28. The lowest BCUT2D eigenvalue weighted by Gasteiger charge is -2.35. The highest BCUT2D eigenvalue weighted by molar-refractivity contribution is 7.17. The van der Waals surface area contributed by atoms with E-state index in [2.05, 4.69) is 42.0 Å². The number of hydrogen-bond donors (Lipinski definition) is 0. The smallest absolute Gasteiger partial charge is 0.164 e. The van der Waals surface area contributed by atoms with Crippen LogP contribution >= 0.6 is 11.3 Å². The minimum absolute atomic E-state index is 0.325. The number of hydrogen-bond acceptors (Lipinski definition) is 6. The van der Waals surface area contributed by atoms with Crippen LogP contribution in [-0.4, -0.2) is 57.9 Å². The Labute approximate surface area is 175 Å². The van der Waals surface area contributed by atoms with Crippen LogP contribution < -0.4 is 4.90 Å². The lowest BCUT2D eigenvalue weighted by atomic mass is 9.97. The largest absolute Gasteiger partial charge is 0.353 e. The van der Waals surface area contributed by atoms with Crippen molar-refractivity contribution in [3.63, 3.8) is 0 Å². The van der Waals surface area contributed by atoms with Crippen molar-refractivity contribution in [2.75, 3.05) is 37.6 Å². The molecule has 0 saturated carbocycles. The summed E-state index contributed by atoms with van der Waals surface area (Å²) in [6.07, 6.45) is 8.93. The normalized spacial score (nSPS) is 17.8. The maximum absolute atomic E-state index is 12.0. The molecule has 0 N–H and O–H groups in total. The van der Waals surface area contributed by atoms with Gasteiger partial charge in [-0.1, -0.05) is 0 Å². The van der Waals surface area contributed by atoms with Crippen LogP contribution in [0.1, 0.15) is 41.7 Å². The van der Waals surface area contributed by atoms with E-state index in [0.717, 1.165) is 81.8 Å². The SMILES string of the molecule is O=C1CCCc2c1ccn2CCCCN1CCN(c2ncnc3ccsc23)CC1. The van der Waals surface area contributed by atoms with Crippen LogP contribution in [0.4, 0.5) is 5.82 Å². The molecule has 3 aromatic heterocycles. The van der Waals surface area contributed by atoms with Crippen molar-refractivity contribution in [3.8, 4) is 0 Å². The average Bonchev–Trinajstić information content (AvgIpc) is 3.39. The molecule has 7 heteroatoms. The number of nitrogens with zero attached hydrogens (tertiary/aromatic N) is 5. The van der Waals surface area contributed by atoms with E-state index in [0.29, 0.717) is 5.78 Å². The Morgan fingerprint density at radius 2 is 1.86 bits per heavy atom. The van der Waals surface area contributed by atoms with Crippen molar-refractivity contribution in [3.05, 3.63) is 41.3 Å². The van der Waals surface area contributed by atoms with Gasteiger partial charge in [0.2, 0.25) is 0 Å². The van der Waals surface area contributed by atoms with E-state index in [1.807, 2.05) is 6.07 Å². The minimum Gasteiger partial charge on any atom is -0.353 e. The van der Waals surface area contributed by atoms with Crippen molar-refractivity contribution in [2.45, 2.75) is 38.6 Å². The lowest BCUT2D eigenvalue weighted by molar-refractivity contribution is 0.0971. The van der Waals surface area contributed by atoms with E-state index in [9.17, 15) is 4.79 Å². The molecule has 3 aromatic rings. The fourth-order valence-corrected chi connectivity index (χ4v) is 5.46. The van der Waals surface area contributed by atoms with Crippen LogP contribution in [0.3, 0.4) is 0 Å². The molecule has 152 valence electrons. The standard InChI is InChI=1S/C22H27N5OS/c28-20-5-3-4-19-17(20)6-10-26(19)9-2-1-8-25-11-13-27(14-12-25)22-21-18(7-15-29-21)23-16-24-22/h6-7,10,15-16H,1-5,8-9,11-14H2. The maximum atomic E-state index is 12.0. The van der Waals surface area contributed by atoms with Gasteiger partial charge in [0, 0.05) is 56.6 Å². The zero-order chi connectivity index (χ0) is 19.6. The summed E-state index contributed by atoms with van der Waals surface area (Å²) in [5, 5.41) is 2.09. The molecule has 0 bridgehead atoms. The second kappa shape index (κ2) is 8.24. The first-order valence-electron chi connectivity index (χ1n) is 10.7. The number of anilines is 1. The van der Waals surface area contributed by atoms with Crippen molar-refractivity contribution >= 4 is 33.2 Å². The molecule has 0 amide bonds. The van der Waals surface area contributed by atoms with Crippen molar-refractivity contribution in [1.82, 2.24) is 19.4 Å². The third-order valence-electron chi connectivity index (χ3n) is 6.22. The van der Waals surface area contributed by atoms with Gasteiger partial charge in [-0.15, -0.1) is 11.3 Å². The van der Waals surface area contributed by atoms with Crippen molar-refractivity contribution in [2.24, 2.45) is 0 Å². The summed E-state index contributed by atoms with van der Waals surface area (Å²) < 4.78 is 3.51. The monoisotopic (exact) mass is 409 g/mol. The number of aryl methyl sites for hydroxylation is 1. The number of ketones is 1. The molecular weight excluding hydrogens is 382 g/mol. The Kier molecular flexibility index (Phi) is 5.33. The van der Waals surface area contributed by atoms with Gasteiger partial charge < -0.3 is 9.47 Å². The number of carbonyl (C=O) groups is 1. The van der Waals surface area contributed by atoms with Crippen LogP contribution in [0.25, 0.3) is 10.2 Å². The Balaban J connectivity index is 1.09. The topological polar surface area (TPSA) is 54.3 Å². The molecule has 29 heavy (non-hydrogen) atoms. The first-order chi connectivity index (χ1) is 14.3. The molecular formula is C22H27N5OS. The number of carbonyl (C=O) groups excluding carboxylic acids is 1. The molecule has 0 unspecified atom stereocenters. The predicted molar refractivity (Wildman–Crippen MR) is 117 cm³/mol. The molecule has 0 radical (unpaired) electrons. The van der Waals surface area contributed by atoms with Crippen LogP contribution in [-0.2, 0) is 13.0 Å². The van der Waals surface area contributed by atoms with Gasteiger partial charge in [0.05, 0.1) is 10.2 Å². The summed E-state index contributed by atoms with van der Waals surface area (Å²) in [4.78, 5) is 25.9. The molecule has 1 fully saturated rings. The van der Waals surface area contributed by atoms with Gasteiger partial charge in [-0.25, -0.2) is 9.97 Å². The van der Waals surface area contributed by atoms with Gasteiger partial charge in [-0.2, -0.15) is 0 Å². The first-order valence-corrected chi connectivity index (χ1v) is 11.5. The summed E-state index contributed by atoms with van der Waals surface area (Å²) in [5.41, 5.74) is 3.29. The van der Waals surface area contributed by atoms with E-state index in [-0.39, 0.29) is 0 Å². The zero-order valence-electron chi connectivity index (χ0n) is 16.7. The third-order valence-corrected chi connectivity index (χ3v) is 7.12. The predicted octanol–water partition coefficient (Wildman–Crippen LogP) is 3.61. The molecule has 0 spiro atoms. The molecule has 5 rings (SSSR count). The molecule has 1 aliphatic carbocycles. The molecule has 6 nitrogen and oxygen atoms in total. The third kappa shape index (κ3) is 3.81. The van der Waals surface area contributed by atoms with E-state index >= 15 is 0 Å². The molecule has 1 aliphatic heterocycles. The highest BCUT2D eigenvalue weighted by Gasteiger charge is 2.21. The number of rotatable bonds is 6. The lowest BCUT2D eigenvalue weighted by Crippen LogP contribution is -2.47. The van der Waals surface area contributed by atoms with Crippen LogP contribution in [0.2, 0.25) is 0 Å². The molecule has 2 aliphatic rings. The van der Waals surface area contributed by atoms with Gasteiger partial charge in [0.25, 0.3) is 0 Å². The summed E-state index contributed by atoms with van der Waals surface area (Å²) in [5.74, 6) is 1.42. The van der Waals surface area contributed by atoms with E-state index in [1.165, 1.54) is 16.8 Å². The van der Waals surface area contributed by atoms with Crippen molar-refractivity contribution < 1.29 is 4.79 Å². The molecule has 1 saturated heterocycles. The van der Waals surface area contributed by atoms with Crippen LogP contribution in [0, 0.1) is 0 Å². The first kappa shape index (κ1) is 18.8. The van der Waals surface area contributed by atoms with Crippen LogP contribution in [0.15, 0.2) is 30.0 Å². The summed E-state index contributed by atoms with van der Waals surface area (Å²) in [6.45, 7) is 6.40. The number of Topliss-reactive ketones (excluding diaryl/α,β-unsaturated/α-hetero) is 1. The number of piperazine rings is 1. The second-order valence-corrected chi connectivity index (χ2v) is 8.93. The zero-order valence-corrected chi connectivity index (χ0v) is 17.5. The molecule has 4 heterocycles. The van der Waals surface area contributed by atoms with Gasteiger partial charge in [0.15, 0.2) is 5.78 Å². The Bertz CT molecular complexity index is 1000. The summed E-state index contributed by atoms with van der Waals surface area (Å²) >= 11 is 1.73. The van der Waals surface area contributed by atoms with Gasteiger partial charge in [0.1, 0.15) is 12.1 Å². The Morgan fingerprint density at radius 1 is 1.00 bits per heavy atom. The fraction of sp³-hybridized carbons (Fsp3) is 0.500. The second-order valence-electron chi connectivity index (χ2n) is 8.01. The number of unbranched alkanes of at least 4 members (excludes halogenated alkanes) is 1. The number of thiophene rings is 1. The molecule has 0 aromatic carbocycles. The summed E-state index contributed by atoms with van der Waals surface area (Å²) in [7, 11) is 0. The van der Waals surface area contributed by atoms with Crippen molar-refractivity contribution in [1.29, 1.82) is 0 Å². The maximum Gasteiger partial charge on any atom is 0.164 e. The summed E-state index contributed by atoms with van der Waals surface area (Å²) in [6, 6.07) is 4.09. The number of aromatic nitrogens is 3. The average molecular weight is 410 g/mol. The minimum atomic E-state index is 0.325. The van der Waals surface area contributed by atoms with E-state index in [1.54, 1.807) is 17.7 Å². The van der Waals surface area contributed by atoms with E-state index in [4.69, 9.17) is 0 Å². The van der Waals surface area contributed by atoms with E-state index < -0.39 is 0 Å². The fourth-order valence-electron chi connectivity index (χ4n) is 4.60. The number of fused-ring (bicyclic) bond motifs is 2. The Morgan fingerprint density at radius 3 is 2.76 bits per heavy atom. The van der Waals surface area contributed by atoms with Gasteiger partial charge in [-0.3, -0.25) is 9.69 Å². The Hall–Kier alpha value is -2.25. The van der Waals surface area contributed by atoms with Gasteiger partial charge >= 0.3 is 0 Å². The molecule has 0 atom stereocenters. The van der Waals surface area contributed by atoms with Gasteiger partial charge in [-0.05, 0) is 49.7 Å².